The van der Waals surface area contributed by atoms with Gasteiger partial charge in [0.05, 0.1) is 12.2 Å². The predicted octanol–water partition coefficient (Wildman–Crippen LogP) is 2.90. The van der Waals surface area contributed by atoms with Crippen molar-refractivity contribution < 1.29 is 9.53 Å². The Morgan fingerprint density at radius 1 is 1.44 bits per heavy atom. The summed E-state index contributed by atoms with van der Waals surface area (Å²) in [6.07, 6.45) is 5.66. The minimum absolute atomic E-state index is 0.239. The van der Waals surface area contributed by atoms with E-state index in [0.29, 0.717) is 12.2 Å². The molecule has 2 aromatic rings. The van der Waals surface area contributed by atoms with Crippen molar-refractivity contribution in [1.29, 1.82) is 0 Å². The lowest BCUT2D eigenvalue weighted by Crippen LogP contribution is -2.04. The van der Waals surface area contributed by atoms with Gasteiger partial charge in [-0.1, -0.05) is 19.4 Å². The molecule has 16 heavy (non-hydrogen) atoms. The predicted molar refractivity (Wildman–Crippen MR) is 62.6 cm³/mol. The molecule has 0 unspecified atom stereocenters. The van der Waals surface area contributed by atoms with Crippen LogP contribution in [0.1, 0.15) is 30.1 Å². The summed E-state index contributed by atoms with van der Waals surface area (Å²) in [6, 6.07) is 7.68. The Morgan fingerprint density at radius 3 is 3.06 bits per heavy atom. The maximum atomic E-state index is 11.7. The van der Waals surface area contributed by atoms with E-state index in [1.54, 1.807) is 6.20 Å². The molecular formula is C13H15NO2. The number of carbonyl (C=O) groups excluding carboxylic acids is 1. The van der Waals surface area contributed by atoms with Gasteiger partial charge in [0.1, 0.15) is 0 Å². The van der Waals surface area contributed by atoms with Crippen LogP contribution in [0.25, 0.3) is 5.52 Å². The Hall–Kier alpha value is -1.77. The van der Waals surface area contributed by atoms with E-state index < -0.39 is 0 Å². The second kappa shape index (κ2) is 4.84. The van der Waals surface area contributed by atoms with Crippen molar-refractivity contribution in [2.24, 2.45) is 0 Å². The van der Waals surface area contributed by atoms with Crippen LogP contribution >= 0.6 is 0 Å². The molecule has 0 spiro atoms. The Morgan fingerprint density at radius 2 is 2.31 bits per heavy atom. The first-order valence-corrected chi connectivity index (χ1v) is 5.55. The van der Waals surface area contributed by atoms with Gasteiger partial charge in [-0.05, 0) is 24.6 Å². The molecule has 0 amide bonds. The zero-order valence-electron chi connectivity index (χ0n) is 9.35. The van der Waals surface area contributed by atoms with Crippen molar-refractivity contribution in [2.75, 3.05) is 6.61 Å². The van der Waals surface area contributed by atoms with E-state index in [9.17, 15) is 4.79 Å². The maximum absolute atomic E-state index is 11.7. The van der Waals surface area contributed by atoms with Gasteiger partial charge in [-0.25, -0.2) is 4.79 Å². The van der Waals surface area contributed by atoms with E-state index >= 15 is 0 Å². The van der Waals surface area contributed by atoms with Gasteiger partial charge in [0.25, 0.3) is 0 Å². The summed E-state index contributed by atoms with van der Waals surface area (Å²) in [5.74, 6) is -0.239. The van der Waals surface area contributed by atoms with Crippen LogP contribution in [0.5, 0.6) is 0 Å². The van der Waals surface area contributed by atoms with Crippen LogP contribution in [0.4, 0.5) is 0 Å². The third-order valence-corrected chi connectivity index (χ3v) is 2.47. The van der Waals surface area contributed by atoms with Crippen LogP contribution < -0.4 is 0 Å². The van der Waals surface area contributed by atoms with Gasteiger partial charge in [-0.15, -0.1) is 0 Å². The summed E-state index contributed by atoms with van der Waals surface area (Å²) in [5.41, 5.74) is 1.62. The number of esters is 1. The van der Waals surface area contributed by atoms with Gasteiger partial charge in [0, 0.05) is 17.9 Å². The first kappa shape index (κ1) is 10.7. The van der Waals surface area contributed by atoms with Crippen molar-refractivity contribution in [3.05, 3.63) is 42.2 Å². The Labute approximate surface area is 94.6 Å². The minimum atomic E-state index is -0.239. The van der Waals surface area contributed by atoms with Gasteiger partial charge in [0.2, 0.25) is 0 Å². The normalized spacial score (nSPS) is 10.6. The maximum Gasteiger partial charge on any atom is 0.339 e. The van der Waals surface area contributed by atoms with Gasteiger partial charge in [0.15, 0.2) is 0 Å². The lowest BCUT2D eigenvalue weighted by atomic mass is 10.3. The monoisotopic (exact) mass is 217 g/mol. The molecule has 0 N–H and O–H groups in total. The van der Waals surface area contributed by atoms with Crippen molar-refractivity contribution in [2.45, 2.75) is 19.8 Å². The second-order valence-electron chi connectivity index (χ2n) is 3.75. The molecule has 2 aromatic heterocycles. The highest BCUT2D eigenvalue weighted by Crippen LogP contribution is 2.10. The van der Waals surface area contributed by atoms with E-state index in [1.165, 1.54) is 0 Å². The molecule has 3 nitrogen and oxygen atoms in total. The Bertz CT molecular complexity index is 454. The average Bonchev–Trinajstić information content (AvgIpc) is 2.73. The van der Waals surface area contributed by atoms with Crippen LogP contribution in [0.3, 0.4) is 0 Å². The van der Waals surface area contributed by atoms with Crippen LogP contribution in [0, 0.1) is 0 Å². The highest BCUT2D eigenvalue weighted by molar-refractivity contribution is 5.91. The molecule has 0 saturated carbocycles. The van der Waals surface area contributed by atoms with Gasteiger partial charge >= 0.3 is 5.97 Å². The number of ether oxygens (including phenoxy) is 1. The Balaban J connectivity index is 2.11. The van der Waals surface area contributed by atoms with Crippen molar-refractivity contribution >= 4 is 11.5 Å². The molecule has 3 heteroatoms. The fourth-order valence-corrected chi connectivity index (χ4v) is 1.56. The van der Waals surface area contributed by atoms with E-state index in [2.05, 4.69) is 6.92 Å². The number of aromatic nitrogens is 1. The largest absolute Gasteiger partial charge is 0.462 e. The standard InChI is InChI=1S/C13H15NO2/c1-2-3-8-16-13(15)11-9-12-6-4-5-7-14(12)10-11/h4-7,9-10H,2-3,8H2,1H3. The summed E-state index contributed by atoms with van der Waals surface area (Å²) in [7, 11) is 0. The molecule has 0 aliphatic carbocycles. The number of hydrogen-bond donors (Lipinski definition) is 0. The van der Waals surface area contributed by atoms with E-state index in [1.807, 2.05) is 34.9 Å². The highest BCUT2D eigenvalue weighted by Gasteiger charge is 2.09. The quantitative estimate of drug-likeness (QED) is 0.582. The number of nitrogens with zero attached hydrogens (tertiary/aromatic N) is 1. The molecule has 2 rings (SSSR count). The van der Waals surface area contributed by atoms with Crippen LogP contribution in [0.15, 0.2) is 36.7 Å². The SMILES string of the molecule is CCCCOC(=O)c1cc2ccccn2c1. The minimum Gasteiger partial charge on any atom is -0.462 e. The third-order valence-electron chi connectivity index (χ3n) is 2.47. The summed E-state index contributed by atoms with van der Waals surface area (Å²) in [5, 5.41) is 0. The molecule has 0 atom stereocenters. The zero-order chi connectivity index (χ0) is 11.4. The van der Waals surface area contributed by atoms with Crippen LogP contribution in [-0.4, -0.2) is 17.0 Å². The molecule has 84 valence electrons. The van der Waals surface area contributed by atoms with Gasteiger partial charge in [-0.2, -0.15) is 0 Å². The molecule has 2 heterocycles. The number of pyridine rings is 1. The lowest BCUT2D eigenvalue weighted by molar-refractivity contribution is 0.0500. The van der Waals surface area contributed by atoms with Gasteiger partial charge in [-0.3, -0.25) is 0 Å². The number of carbonyl (C=O) groups is 1. The van der Waals surface area contributed by atoms with Crippen molar-refractivity contribution in [3.8, 4) is 0 Å². The van der Waals surface area contributed by atoms with Crippen LogP contribution in [0.2, 0.25) is 0 Å². The molecule has 0 aliphatic rings. The average molecular weight is 217 g/mol. The zero-order valence-corrected chi connectivity index (χ0v) is 9.35. The molecule has 0 aromatic carbocycles. The number of fused-ring (bicyclic) bond motifs is 1. The number of rotatable bonds is 4. The second-order valence-corrected chi connectivity index (χ2v) is 3.75. The fraction of sp³-hybridized carbons (Fsp3) is 0.308. The molecule has 0 aliphatic heterocycles. The molecule has 0 fully saturated rings. The topological polar surface area (TPSA) is 30.7 Å². The van der Waals surface area contributed by atoms with Crippen molar-refractivity contribution in [1.82, 2.24) is 4.40 Å². The smallest absolute Gasteiger partial charge is 0.339 e. The Kier molecular flexibility index (Phi) is 3.25. The van der Waals surface area contributed by atoms with E-state index in [4.69, 9.17) is 4.74 Å². The summed E-state index contributed by atoms with van der Waals surface area (Å²) in [6.45, 7) is 2.57. The summed E-state index contributed by atoms with van der Waals surface area (Å²) < 4.78 is 7.06. The van der Waals surface area contributed by atoms with Crippen molar-refractivity contribution in [3.63, 3.8) is 0 Å². The van der Waals surface area contributed by atoms with E-state index in [0.717, 1.165) is 18.4 Å². The molecule has 0 bridgehead atoms. The molecular weight excluding hydrogens is 202 g/mol. The fourth-order valence-electron chi connectivity index (χ4n) is 1.56. The first-order valence-electron chi connectivity index (χ1n) is 5.55. The lowest BCUT2D eigenvalue weighted by Gasteiger charge is -2.00. The number of unbranched alkanes of at least 4 members (excludes halogenated alkanes) is 1. The van der Waals surface area contributed by atoms with Crippen LogP contribution in [-0.2, 0) is 4.74 Å². The third kappa shape index (κ3) is 2.24. The highest BCUT2D eigenvalue weighted by atomic mass is 16.5. The molecule has 0 saturated heterocycles. The summed E-state index contributed by atoms with van der Waals surface area (Å²) >= 11 is 0. The molecule has 0 radical (unpaired) electrons. The van der Waals surface area contributed by atoms with E-state index in [-0.39, 0.29) is 5.97 Å². The first-order chi connectivity index (χ1) is 7.81. The van der Waals surface area contributed by atoms with Gasteiger partial charge < -0.3 is 9.14 Å². The number of hydrogen-bond acceptors (Lipinski definition) is 2. The summed E-state index contributed by atoms with van der Waals surface area (Å²) in [4.78, 5) is 11.7.